The van der Waals surface area contributed by atoms with Crippen molar-refractivity contribution in [1.29, 1.82) is 0 Å². The van der Waals surface area contributed by atoms with E-state index in [1.54, 1.807) is 6.92 Å². The average molecular weight is 192 g/mol. The van der Waals surface area contributed by atoms with Crippen LogP contribution in [0.4, 0.5) is 0 Å². The Morgan fingerprint density at radius 3 is 2.67 bits per heavy atom. The maximum absolute atomic E-state index is 10.7. The number of carbonyl (C=O) groups excluding carboxylic acids is 1. The molecule has 1 fully saturated rings. The van der Waals surface area contributed by atoms with Gasteiger partial charge in [0, 0.05) is 24.8 Å². The van der Waals surface area contributed by atoms with Crippen LogP contribution in [0.3, 0.4) is 0 Å². The van der Waals surface area contributed by atoms with Crippen molar-refractivity contribution in [2.45, 2.75) is 18.2 Å². The summed E-state index contributed by atoms with van der Waals surface area (Å²) in [6.45, 7) is 3.42. The first kappa shape index (κ1) is 7.06. The monoisotopic (exact) mass is 191 g/mol. The number of hydrogen-bond acceptors (Lipinski definition) is 1. The predicted molar refractivity (Wildman–Crippen MR) is 39.6 cm³/mol. The summed E-state index contributed by atoms with van der Waals surface area (Å²) in [6, 6.07) is 0. The number of amides is 1. The van der Waals surface area contributed by atoms with Crippen LogP contribution >= 0.6 is 15.9 Å². The van der Waals surface area contributed by atoms with Crippen LogP contribution in [0.25, 0.3) is 0 Å². The number of nitrogens with zero attached hydrogens (tertiary/aromatic N) is 1. The molecule has 9 heavy (non-hydrogen) atoms. The Kier molecular flexibility index (Phi) is 2.11. The van der Waals surface area contributed by atoms with E-state index in [-0.39, 0.29) is 5.91 Å². The average Bonchev–Trinajstić information content (AvgIpc) is 2.14. The minimum atomic E-state index is 0.192. The Bertz CT molecular complexity index is 126. The van der Waals surface area contributed by atoms with E-state index < -0.39 is 0 Å². The Labute approximate surface area is 63.3 Å². The summed E-state index contributed by atoms with van der Waals surface area (Å²) in [5.41, 5.74) is 0. The molecular formula is C6H10BrNO. The summed E-state index contributed by atoms with van der Waals surface area (Å²) in [7, 11) is 0. The second kappa shape index (κ2) is 2.69. The van der Waals surface area contributed by atoms with E-state index in [0.717, 1.165) is 19.5 Å². The van der Waals surface area contributed by atoms with Crippen LogP contribution in [0.1, 0.15) is 13.3 Å². The molecule has 1 amide bonds. The van der Waals surface area contributed by atoms with Crippen LogP contribution in [-0.4, -0.2) is 28.7 Å². The van der Waals surface area contributed by atoms with Gasteiger partial charge in [-0.2, -0.15) is 0 Å². The lowest BCUT2D eigenvalue weighted by Gasteiger charge is -2.10. The molecule has 1 aliphatic rings. The van der Waals surface area contributed by atoms with Crippen LogP contribution < -0.4 is 0 Å². The van der Waals surface area contributed by atoms with Crippen molar-refractivity contribution in [1.82, 2.24) is 4.90 Å². The molecule has 0 N–H and O–H groups in total. The summed E-state index contributed by atoms with van der Waals surface area (Å²) in [5, 5.41) is 0. The minimum Gasteiger partial charge on any atom is -0.342 e. The van der Waals surface area contributed by atoms with E-state index >= 15 is 0 Å². The van der Waals surface area contributed by atoms with Crippen LogP contribution in [0, 0.1) is 0 Å². The van der Waals surface area contributed by atoms with Crippen molar-refractivity contribution in [3.63, 3.8) is 0 Å². The highest BCUT2D eigenvalue weighted by atomic mass is 79.9. The summed E-state index contributed by atoms with van der Waals surface area (Å²) in [6.07, 6.45) is 1.10. The Balaban J connectivity index is 2.39. The fraction of sp³-hybridized carbons (Fsp3) is 0.833. The fourth-order valence-electron chi connectivity index (χ4n) is 1.00. The molecule has 1 atom stereocenters. The zero-order chi connectivity index (χ0) is 6.85. The molecule has 0 radical (unpaired) electrons. The Morgan fingerprint density at radius 2 is 2.44 bits per heavy atom. The second-order valence-electron chi connectivity index (χ2n) is 2.35. The molecule has 0 aromatic carbocycles. The van der Waals surface area contributed by atoms with Gasteiger partial charge in [0.15, 0.2) is 0 Å². The van der Waals surface area contributed by atoms with Gasteiger partial charge in [0.1, 0.15) is 0 Å². The number of likely N-dealkylation sites (tertiary alicyclic amines) is 1. The first-order valence-electron chi connectivity index (χ1n) is 3.09. The molecule has 1 aliphatic heterocycles. The highest BCUT2D eigenvalue weighted by Gasteiger charge is 2.20. The highest BCUT2D eigenvalue weighted by Crippen LogP contribution is 2.15. The lowest BCUT2D eigenvalue weighted by atomic mass is 10.4. The third-order valence-corrected chi connectivity index (χ3v) is 2.32. The van der Waals surface area contributed by atoms with Gasteiger partial charge >= 0.3 is 0 Å². The summed E-state index contributed by atoms with van der Waals surface area (Å²) >= 11 is 3.45. The van der Waals surface area contributed by atoms with E-state index in [0.29, 0.717) is 4.83 Å². The minimum absolute atomic E-state index is 0.192. The van der Waals surface area contributed by atoms with Gasteiger partial charge in [-0.15, -0.1) is 0 Å². The molecule has 1 heterocycles. The van der Waals surface area contributed by atoms with Crippen LogP contribution in [0.15, 0.2) is 0 Å². The molecule has 3 heteroatoms. The van der Waals surface area contributed by atoms with Crippen molar-refractivity contribution in [3.05, 3.63) is 0 Å². The van der Waals surface area contributed by atoms with Crippen molar-refractivity contribution in [2.75, 3.05) is 13.1 Å². The number of hydrogen-bond donors (Lipinski definition) is 0. The molecule has 0 unspecified atom stereocenters. The van der Waals surface area contributed by atoms with Crippen LogP contribution in [0.2, 0.25) is 0 Å². The number of alkyl halides is 1. The number of rotatable bonds is 0. The van der Waals surface area contributed by atoms with Gasteiger partial charge in [0.25, 0.3) is 0 Å². The van der Waals surface area contributed by atoms with E-state index in [1.807, 2.05) is 4.90 Å². The smallest absolute Gasteiger partial charge is 0.219 e. The zero-order valence-electron chi connectivity index (χ0n) is 5.43. The molecule has 1 rings (SSSR count). The van der Waals surface area contributed by atoms with Gasteiger partial charge in [-0.1, -0.05) is 15.9 Å². The summed E-state index contributed by atoms with van der Waals surface area (Å²) in [4.78, 5) is 13.1. The number of halogens is 1. The van der Waals surface area contributed by atoms with Crippen LogP contribution in [-0.2, 0) is 4.79 Å². The molecule has 0 aromatic heterocycles. The zero-order valence-corrected chi connectivity index (χ0v) is 7.02. The quantitative estimate of drug-likeness (QED) is 0.524. The molecular weight excluding hydrogens is 182 g/mol. The third kappa shape index (κ3) is 1.68. The van der Waals surface area contributed by atoms with E-state index in [9.17, 15) is 4.79 Å². The normalized spacial score (nSPS) is 26.9. The van der Waals surface area contributed by atoms with Gasteiger partial charge in [0.2, 0.25) is 5.91 Å². The van der Waals surface area contributed by atoms with Crippen molar-refractivity contribution < 1.29 is 4.79 Å². The first-order chi connectivity index (χ1) is 4.20. The topological polar surface area (TPSA) is 20.3 Å². The molecule has 0 aromatic rings. The molecule has 0 aliphatic carbocycles. The lowest BCUT2D eigenvalue weighted by molar-refractivity contribution is -0.127. The maximum Gasteiger partial charge on any atom is 0.219 e. The molecule has 0 bridgehead atoms. The molecule has 1 saturated heterocycles. The van der Waals surface area contributed by atoms with Crippen molar-refractivity contribution >= 4 is 21.8 Å². The molecule has 0 spiro atoms. The van der Waals surface area contributed by atoms with E-state index in [2.05, 4.69) is 15.9 Å². The Hall–Kier alpha value is -0.0500. The highest BCUT2D eigenvalue weighted by molar-refractivity contribution is 9.09. The summed E-state index contributed by atoms with van der Waals surface area (Å²) < 4.78 is 0. The maximum atomic E-state index is 10.7. The largest absolute Gasteiger partial charge is 0.342 e. The van der Waals surface area contributed by atoms with Gasteiger partial charge < -0.3 is 4.90 Å². The molecule has 2 nitrogen and oxygen atoms in total. The van der Waals surface area contributed by atoms with Gasteiger partial charge in [0.05, 0.1) is 0 Å². The predicted octanol–water partition coefficient (Wildman–Crippen LogP) is 1.00. The van der Waals surface area contributed by atoms with Gasteiger partial charge in [-0.25, -0.2) is 0 Å². The summed E-state index contributed by atoms with van der Waals surface area (Å²) in [5.74, 6) is 0.192. The van der Waals surface area contributed by atoms with Crippen molar-refractivity contribution in [2.24, 2.45) is 0 Å². The molecule has 52 valence electrons. The molecule has 0 saturated carbocycles. The van der Waals surface area contributed by atoms with Gasteiger partial charge in [-0.3, -0.25) is 4.79 Å². The standard InChI is InChI=1S/C6H10BrNO/c1-5(9)8-3-2-6(7)4-8/h6H,2-4H2,1H3/t6-/m1/s1. The Morgan fingerprint density at radius 1 is 1.78 bits per heavy atom. The fourth-order valence-corrected chi connectivity index (χ4v) is 1.56. The van der Waals surface area contributed by atoms with Crippen LogP contribution in [0.5, 0.6) is 0 Å². The van der Waals surface area contributed by atoms with Gasteiger partial charge in [-0.05, 0) is 6.42 Å². The lowest BCUT2D eigenvalue weighted by Crippen LogP contribution is -2.25. The van der Waals surface area contributed by atoms with Crippen molar-refractivity contribution in [3.8, 4) is 0 Å². The van der Waals surface area contributed by atoms with E-state index in [4.69, 9.17) is 0 Å². The first-order valence-corrected chi connectivity index (χ1v) is 4.01. The SMILES string of the molecule is CC(=O)N1CC[C@@H](Br)C1. The second-order valence-corrected chi connectivity index (χ2v) is 3.65. The number of carbonyl (C=O) groups is 1. The van der Waals surface area contributed by atoms with E-state index in [1.165, 1.54) is 0 Å². The third-order valence-electron chi connectivity index (χ3n) is 1.58.